The number of hydrogen-bond donors (Lipinski definition) is 0. The minimum atomic E-state index is -0.998. The molecular formula is C53H52N4OPt. The normalized spacial score (nSPS) is 14.2. The van der Waals surface area contributed by atoms with Crippen LogP contribution in [0.15, 0.2) is 97.3 Å². The summed E-state index contributed by atoms with van der Waals surface area (Å²) in [4.78, 5) is 21.6. The Bertz CT molecular complexity index is 2770. The Balaban J connectivity index is 0.00000484. The van der Waals surface area contributed by atoms with Crippen LogP contribution in [0, 0.1) is 12.1 Å². The van der Waals surface area contributed by atoms with Gasteiger partial charge in [-0.2, -0.15) is 0 Å². The largest absolute Gasteiger partial charge is 2.00 e. The molecule has 1 aliphatic rings. The Morgan fingerprint density at radius 3 is 1.25 bits per heavy atom. The third-order valence-corrected chi connectivity index (χ3v) is 12.0. The molecule has 5 nitrogen and oxygen atoms in total. The van der Waals surface area contributed by atoms with Crippen molar-refractivity contribution in [2.75, 3.05) is 0 Å². The summed E-state index contributed by atoms with van der Waals surface area (Å²) in [7, 11) is 0. The Kier molecular flexibility index (Phi) is 9.52. The molecule has 300 valence electrons. The summed E-state index contributed by atoms with van der Waals surface area (Å²) >= 11 is 0. The van der Waals surface area contributed by atoms with Gasteiger partial charge in [-0.3, -0.25) is 9.97 Å². The van der Waals surface area contributed by atoms with Crippen LogP contribution in [0.1, 0.15) is 128 Å². The molecule has 0 aliphatic carbocycles. The van der Waals surface area contributed by atoms with Gasteiger partial charge in [0.2, 0.25) is 0 Å². The maximum atomic E-state index is 6.94. The number of pyridine rings is 4. The van der Waals surface area contributed by atoms with E-state index in [-0.39, 0.29) is 42.7 Å². The molecule has 0 atom stereocenters. The molecule has 6 heteroatoms. The molecule has 4 aromatic heterocycles. The molecule has 59 heavy (non-hydrogen) atoms. The Morgan fingerprint density at radius 2 is 0.881 bits per heavy atom. The first-order valence-corrected chi connectivity index (χ1v) is 20.5. The van der Waals surface area contributed by atoms with Crippen LogP contribution < -0.4 is 4.74 Å². The summed E-state index contributed by atoms with van der Waals surface area (Å²) in [6, 6.07) is 37.5. The van der Waals surface area contributed by atoms with Crippen molar-refractivity contribution in [1.29, 1.82) is 0 Å². The van der Waals surface area contributed by atoms with Gasteiger partial charge in [0.15, 0.2) is 0 Å². The third kappa shape index (κ3) is 6.56. The van der Waals surface area contributed by atoms with Gasteiger partial charge in [-0.25, -0.2) is 0 Å². The Hall–Kier alpha value is -4.99. The van der Waals surface area contributed by atoms with E-state index in [1.165, 1.54) is 22.3 Å². The minimum absolute atomic E-state index is 0. The molecular weight excluding hydrogens is 904 g/mol. The van der Waals surface area contributed by atoms with E-state index in [2.05, 4.69) is 168 Å². The fourth-order valence-corrected chi connectivity index (χ4v) is 8.76. The first-order valence-electron chi connectivity index (χ1n) is 20.5. The van der Waals surface area contributed by atoms with Gasteiger partial charge in [0.1, 0.15) is 16.9 Å². The van der Waals surface area contributed by atoms with Crippen LogP contribution >= 0.6 is 0 Å². The fourth-order valence-electron chi connectivity index (χ4n) is 8.76. The van der Waals surface area contributed by atoms with Crippen molar-refractivity contribution in [2.24, 2.45) is 0 Å². The Morgan fingerprint density at radius 1 is 0.475 bits per heavy atom. The first kappa shape index (κ1) is 40.8. The van der Waals surface area contributed by atoms with Crippen LogP contribution in [-0.2, 0) is 48.1 Å². The molecule has 0 radical (unpaired) electrons. The molecule has 0 saturated heterocycles. The summed E-state index contributed by atoms with van der Waals surface area (Å²) in [5.41, 5.74) is 10.5. The van der Waals surface area contributed by atoms with Gasteiger partial charge in [0.25, 0.3) is 0 Å². The Labute approximate surface area is 363 Å². The second-order valence-corrected chi connectivity index (χ2v) is 20.3. The van der Waals surface area contributed by atoms with Gasteiger partial charge in [-0.15, -0.1) is 36.4 Å². The van der Waals surface area contributed by atoms with E-state index in [0.717, 1.165) is 77.6 Å². The topological polar surface area (TPSA) is 60.8 Å². The van der Waals surface area contributed by atoms with Crippen LogP contribution in [0.3, 0.4) is 0 Å². The first-order chi connectivity index (χ1) is 27.3. The van der Waals surface area contributed by atoms with Crippen LogP contribution in [-0.4, -0.2) is 19.9 Å². The number of hydrogen-bond acceptors (Lipinski definition) is 5. The van der Waals surface area contributed by atoms with E-state index in [9.17, 15) is 0 Å². The maximum absolute atomic E-state index is 6.94. The molecule has 8 aromatic rings. The van der Waals surface area contributed by atoms with Gasteiger partial charge in [0.05, 0.1) is 11.4 Å². The van der Waals surface area contributed by atoms with E-state index < -0.39 is 5.41 Å². The maximum Gasteiger partial charge on any atom is 2.00 e. The summed E-state index contributed by atoms with van der Waals surface area (Å²) < 4.78 is 6.94. The zero-order chi connectivity index (χ0) is 41.2. The monoisotopic (exact) mass is 955 g/mol. The van der Waals surface area contributed by atoms with Crippen LogP contribution in [0.25, 0.3) is 43.6 Å². The minimum Gasteiger partial charge on any atom is -0.457 e. The molecule has 0 amide bonds. The van der Waals surface area contributed by atoms with E-state index in [4.69, 9.17) is 24.7 Å². The molecule has 0 unspecified atom stereocenters. The number of ether oxygens (including phenoxy) is 1. The molecule has 0 bridgehead atoms. The van der Waals surface area contributed by atoms with E-state index in [1.807, 2.05) is 24.5 Å². The predicted molar refractivity (Wildman–Crippen MR) is 239 cm³/mol. The van der Waals surface area contributed by atoms with Crippen LogP contribution in [0.4, 0.5) is 0 Å². The van der Waals surface area contributed by atoms with Crippen LogP contribution in [0.5, 0.6) is 11.5 Å². The summed E-state index contributed by atoms with van der Waals surface area (Å²) in [6.45, 7) is 27.0. The number of aromatic nitrogens is 4. The second-order valence-electron chi connectivity index (χ2n) is 20.3. The molecule has 1 aliphatic heterocycles. The molecule has 0 spiro atoms. The molecule has 9 rings (SSSR count). The second kappa shape index (κ2) is 13.8. The zero-order valence-electron chi connectivity index (χ0n) is 36.3. The third-order valence-electron chi connectivity index (χ3n) is 12.0. The average molecular weight is 956 g/mol. The average Bonchev–Trinajstić information content (AvgIpc) is 3.17. The molecule has 4 aromatic carbocycles. The molecule has 5 heterocycles. The quantitative estimate of drug-likeness (QED) is 0.128. The number of rotatable bonds is 2. The van der Waals surface area contributed by atoms with Crippen LogP contribution in [0.2, 0.25) is 0 Å². The van der Waals surface area contributed by atoms with E-state index in [0.29, 0.717) is 0 Å². The van der Waals surface area contributed by atoms with Gasteiger partial charge in [-0.05, 0) is 102 Å². The van der Waals surface area contributed by atoms with Crippen molar-refractivity contribution >= 4 is 43.6 Å². The summed E-state index contributed by atoms with van der Waals surface area (Å²) in [5.74, 6) is 1.57. The smallest absolute Gasteiger partial charge is 0.457 e. The van der Waals surface area contributed by atoms with E-state index in [1.54, 1.807) is 0 Å². The van der Waals surface area contributed by atoms with Gasteiger partial charge in [0, 0.05) is 23.5 Å². The van der Waals surface area contributed by atoms with Crippen molar-refractivity contribution < 1.29 is 25.8 Å². The molecule has 0 saturated carbocycles. The number of benzene rings is 4. The van der Waals surface area contributed by atoms with Gasteiger partial charge >= 0.3 is 21.1 Å². The zero-order valence-corrected chi connectivity index (χ0v) is 38.5. The fraction of sp³-hybridized carbons (Fsp3) is 0.321. The standard InChI is InChI=1S/C53H52N4O.Pt/c1-49(2,3)33-21-23-41-39(27-33)53(40-28-34(50(4,5)6)22-24-42(40)58-41,43-25-19-31-29-54-47-35(45(31)56-43)15-13-17-37(47)51(7,8)9)44-26-20-32-30-55-48-36(46(32)57-44)16-14-18-38(48)52(10,11)12;/h13-14,17-30H,1-12H3;/q-2;+2. The number of nitrogens with zero attached hydrogens (tertiary/aromatic N) is 4. The van der Waals surface area contributed by atoms with Crippen molar-refractivity contribution in [3.05, 3.63) is 154 Å². The summed E-state index contributed by atoms with van der Waals surface area (Å²) in [5, 5.41) is 3.74. The van der Waals surface area contributed by atoms with E-state index >= 15 is 0 Å². The van der Waals surface area contributed by atoms with Gasteiger partial charge in [-0.1, -0.05) is 129 Å². The predicted octanol–water partition coefficient (Wildman–Crippen LogP) is 13.2. The van der Waals surface area contributed by atoms with Crippen molar-refractivity contribution in [3.8, 4) is 11.5 Å². The van der Waals surface area contributed by atoms with Crippen molar-refractivity contribution in [1.82, 2.24) is 19.9 Å². The molecule has 0 N–H and O–H groups in total. The molecule has 0 fully saturated rings. The van der Waals surface area contributed by atoms with Crippen molar-refractivity contribution in [2.45, 2.75) is 110 Å². The number of fused-ring (bicyclic) bond motifs is 8. The van der Waals surface area contributed by atoms with Gasteiger partial charge < -0.3 is 14.7 Å². The SMILES string of the molecule is CC(C)(C)c1ccc2c(c1)C(c1ccc3cnc4c(C(C)(C)C)cc[c-]c4c3n1)(c1ccc3cnc4c(C(C)(C)C)cc[c-]c4c3n1)c1cc(C(C)(C)C)ccc1O2.[Pt+2]. The van der Waals surface area contributed by atoms with Crippen molar-refractivity contribution in [3.63, 3.8) is 0 Å². The summed E-state index contributed by atoms with van der Waals surface area (Å²) in [6.07, 6.45) is 3.92.